The third kappa shape index (κ3) is 2.43. The Labute approximate surface area is 107 Å². The van der Waals surface area contributed by atoms with Crippen LogP contribution in [0, 0.1) is 0 Å². The van der Waals surface area contributed by atoms with Crippen LogP contribution < -0.4 is 4.74 Å². The van der Waals surface area contributed by atoms with E-state index in [4.69, 9.17) is 21.4 Å². The van der Waals surface area contributed by atoms with Gasteiger partial charge in [0, 0.05) is 10.3 Å². The van der Waals surface area contributed by atoms with E-state index in [1.165, 1.54) is 11.3 Å². The molecule has 0 aliphatic rings. The van der Waals surface area contributed by atoms with Crippen LogP contribution in [0.4, 0.5) is 0 Å². The predicted molar refractivity (Wildman–Crippen MR) is 68.3 cm³/mol. The first-order valence-electron chi connectivity index (χ1n) is 4.77. The quantitative estimate of drug-likeness (QED) is 0.922. The summed E-state index contributed by atoms with van der Waals surface area (Å²) in [5.41, 5.74) is 1.17. The topological polar surface area (TPSA) is 46.5 Å². The molecule has 0 saturated heterocycles. The molecule has 1 N–H and O–H groups in total. The van der Waals surface area contributed by atoms with Crippen molar-refractivity contribution in [3.8, 4) is 16.2 Å². The molecule has 0 bridgehead atoms. The van der Waals surface area contributed by atoms with E-state index in [1.807, 2.05) is 6.07 Å². The molecule has 0 radical (unpaired) electrons. The largest absolute Gasteiger partial charge is 0.495 e. The second-order valence-corrected chi connectivity index (χ2v) is 4.67. The summed E-state index contributed by atoms with van der Waals surface area (Å²) in [5, 5.41) is 11.0. The lowest BCUT2D eigenvalue weighted by Gasteiger charge is -2.04. The van der Waals surface area contributed by atoms with Crippen molar-refractivity contribution in [3.05, 3.63) is 40.2 Å². The van der Waals surface area contributed by atoms with E-state index < -0.39 is 5.97 Å². The van der Waals surface area contributed by atoms with E-state index in [2.05, 4.69) is 0 Å². The highest BCUT2D eigenvalue weighted by Crippen LogP contribution is 2.33. The Kier molecular flexibility index (Phi) is 3.36. The minimum Gasteiger partial charge on any atom is -0.495 e. The van der Waals surface area contributed by atoms with E-state index in [0.29, 0.717) is 10.8 Å². The molecule has 0 atom stereocenters. The average molecular weight is 269 g/mol. The van der Waals surface area contributed by atoms with Crippen molar-refractivity contribution < 1.29 is 14.6 Å². The van der Waals surface area contributed by atoms with Crippen molar-refractivity contribution in [3.63, 3.8) is 0 Å². The van der Waals surface area contributed by atoms with Gasteiger partial charge in [-0.15, -0.1) is 11.3 Å². The number of ether oxygens (including phenoxy) is 1. The molecule has 88 valence electrons. The minimum atomic E-state index is -0.924. The van der Waals surface area contributed by atoms with Crippen LogP contribution in [0.3, 0.4) is 0 Å². The third-order valence-corrected chi connectivity index (χ3v) is 3.56. The number of benzene rings is 1. The molecule has 1 aromatic carbocycles. The summed E-state index contributed by atoms with van der Waals surface area (Å²) < 4.78 is 5.06. The van der Waals surface area contributed by atoms with Crippen molar-refractivity contribution in [2.24, 2.45) is 0 Å². The fourth-order valence-corrected chi connectivity index (χ4v) is 2.56. The van der Waals surface area contributed by atoms with Gasteiger partial charge in [-0.1, -0.05) is 11.6 Å². The first-order valence-corrected chi connectivity index (χ1v) is 6.03. The fourth-order valence-electron chi connectivity index (χ4n) is 1.42. The molecule has 0 fully saturated rings. The third-order valence-electron chi connectivity index (χ3n) is 2.28. The van der Waals surface area contributed by atoms with Gasteiger partial charge in [0.25, 0.3) is 0 Å². The maximum Gasteiger partial charge on any atom is 0.336 e. The van der Waals surface area contributed by atoms with Crippen molar-refractivity contribution in [1.82, 2.24) is 0 Å². The monoisotopic (exact) mass is 268 g/mol. The number of thiophene rings is 1. The minimum absolute atomic E-state index is 0.289. The number of hydrogen-bond donors (Lipinski definition) is 1. The molecule has 17 heavy (non-hydrogen) atoms. The highest BCUT2D eigenvalue weighted by Gasteiger charge is 2.09. The zero-order chi connectivity index (χ0) is 12.4. The van der Waals surface area contributed by atoms with Crippen LogP contribution in [-0.4, -0.2) is 18.2 Å². The summed E-state index contributed by atoms with van der Waals surface area (Å²) in [6.45, 7) is 0. The number of methoxy groups -OCH3 is 1. The van der Waals surface area contributed by atoms with Crippen LogP contribution in [-0.2, 0) is 0 Å². The van der Waals surface area contributed by atoms with Gasteiger partial charge in [0.05, 0.1) is 17.7 Å². The van der Waals surface area contributed by atoms with Crippen molar-refractivity contribution >= 4 is 28.9 Å². The summed E-state index contributed by atoms with van der Waals surface area (Å²) in [4.78, 5) is 11.6. The lowest BCUT2D eigenvalue weighted by molar-refractivity contribution is 0.0697. The van der Waals surface area contributed by atoms with Crippen LogP contribution in [0.2, 0.25) is 5.02 Å². The molecule has 0 unspecified atom stereocenters. The molecule has 0 aliphatic carbocycles. The number of aromatic carboxylic acids is 1. The van der Waals surface area contributed by atoms with Gasteiger partial charge in [-0.3, -0.25) is 0 Å². The van der Waals surface area contributed by atoms with Crippen molar-refractivity contribution in [2.45, 2.75) is 0 Å². The second kappa shape index (κ2) is 4.77. The molecule has 1 heterocycles. The molecule has 0 spiro atoms. The molecule has 2 aromatic rings. The number of rotatable bonds is 3. The molecule has 0 aliphatic heterocycles. The molecule has 2 rings (SSSR count). The Hall–Kier alpha value is -1.52. The summed E-state index contributed by atoms with van der Waals surface area (Å²) >= 11 is 7.38. The van der Waals surface area contributed by atoms with Gasteiger partial charge in [-0.05, 0) is 29.8 Å². The fraction of sp³-hybridized carbons (Fsp3) is 0.0833. The summed E-state index contributed by atoms with van der Waals surface area (Å²) in [7, 11) is 1.55. The number of carboxylic acid groups (broad SMARTS) is 1. The Morgan fingerprint density at radius 2 is 2.18 bits per heavy atom. The summed E-state index contributed by atoms with van der Waals surface area (Å²) in [5.74, 6) is -0.322. The number of halogens is 1. The standard InChI is InChI=1S/C12H9ClO3S/c1-16-10-3-2-7(4-9(10)13)11-5-8(6-17-11)12(14)15/h2-6H,1H3,(H,14,15). The molecule has 5 heteroatoms. The summed E-state index contributed by atoms with van der Waals surface area (Å²) in [6.07, 6.45) is 0. The van der Waals surface area contributed by atoms with Crippen molar-refractivity contribution in [2.75, 3.05) is 7.11 Å². The lowest BCUT2D eigenvalue weighted by atomic mass is 10.1. The normalized spacial score (nSPS) is 10.2. The van der Waals surface area contributed by atoms with Gasteiger partial charge in [0.2, 0.25) is 0 Å². The van der Waals surface area contributed by atoms with Gasteiger partial charge in [-0.25, -0.2) is 4.79 Å². The molecular formula is C12H9ClO3S. The Morgan fingerprint density at radius 3 is 2.71 bits per heavy atom. The number of carboxylic acids is 1. The van der Waals surface area contributed by atoms with Gasteiger partial charge >= 0.3 is 5.97 Å². The van der Waals surface area contributed by atoms with Crippen LogP contribution in [0.25, 0.3) is 10.4 Å². The van der Waals surface area contributed by atoms with Crippen LogP contribution in [0.15, 0.2) is 29.6 Å². The van der Waals surface area contributed by atoms with E-state index in [9.17, 15) is 4.79 Å². The van der Waals surface area contributed by atoms with Crippen LogP contribution in [0.5, 0.6) is 5.75 Å². The highest BCUT2D eigenvalue weighted by molar-refractivity contribution is 7.13. The smallest absolute Gasteiger partial charge is 0.336 e. The van der Waals surface area contributed by atoms with E-state index in [-0.39, 0.29) is 5.56 Å². The SMILES string of the molecule is COc1ccc(-c2cc(C(=O)O)cs2)cc1Cl. The van der Waals surface area contributed by atoms with E-state index in [0.717, 1.165) is 10.4 Å². The molecule has 0 saturated carbocycles. The predicted octanol–water partition coefficient (Wildman–Crippen LogP) is 3.78. The van der Waals surface area contributed by atoms with Crippen LogP contribution >= 0.6 is 22.9 Å². The highest BCUT2D eigenvalue weighted by atomic mass is 35.5. The number of carbonyl (C=O) groups is 1. The lowest BCUT2D eigenvalue weighted by Crippen LogP contribution is -1.91. The Balaban J connectivity index is 2.39. The zero-order valence-corrected chi connectivity index (χ0v) is 10.5. The Morgan fingerprint density at radius 1 is 1.41 bits per heavy atom. The molecule has 3 nitrogen and oxygen atoms in total. The summed E-state index contributed by atoms with van der Waals surface area (Å²) in [6, 6.07) is 7.00. The molecular weight excluding hydrogens is 260 g/mol. The van der Waals surface area contributed by atoms with Gasteiger partial charge in [0.1, 0.15) is 5.75 Å². The molecule has 0 amide bonds. The zero-order valence-electron chi connectivity index (χ0n) is 8.94. The Bertz CT molecular complexity index is 563. The van der Waals surface area contributed by atoms with E-state index in [1.54, 1.807) is 30.7 Å². The molecule has 1 aromatic heterocycles. The second-order valence-electron chi connectivity index (χ2n) is 3.35. The number of hydrogen-bond acceptors (Lipinski definition) is 3. The average Bonchev–Trinajstić information content (AvgIpc) is 2.78. The van der Waals surface area contributed by atoms with Gasteiger partial charge < -0.3 is 9.84 Å². The first-order chi connectivity index (χ1) is 8.11. The first kappa shape index (κ1) is 12.0. The van der Waals surface area contributed by atoms with Crippen LogP contribution in [0.1, 0.15) is 10.4 Å². The van der Waals surface area contributed by atoms with Gasteiger partial charge in [0.15, 0.2) is 0 Å². The van der Waals surface area contributed by atoms with Gasteiger partial charge in [-0.2, -0.15) is 0 Å². The maximum atomic E-state index is 10.8. The maximum absolute atomic E-state index is 10.8. The van der Waals surface area contributed by atoms with E-state index >= 15 is 0 Å². The van der Waals surface area contributed by atoms with Crippen molar-refractivity contribution in [1.29, 1.82) is 0 Å².